The molecule has 0 spiro atoms. The van der Waals surface area contributed by atoms with Crippen LogP contribution in [0.3, 0.4) is 0 Å². The Hall–Kier alpha value is -3.81. The highest BCUT2D eigenvalue weighted by Crippen LogP contribution is 2.24. The maximum atomic E-state index is 12.6. The number of hydrogen-bond donors (Lipinski definition) is 1. The van der Waals surface area contributed by atoms with Gasteiger partial charge in [-0.25, -0.2) is 9.67 Å². The molecule has 8 nitrogen and oxygen atoms in total. The quantitative estimate of drug-likeness (QED) is 0.567. The van der Waals surface area contributed by atoms with E-state index in [1.54, 1.807) is 23.1 Å². The Bertz CT molecular complexity index is 1150. The molecule has 0 fully saturated rings. The standard InChI is InChI=1S/C22H21N7O/c30-22(17-7-11-19(12-8-17)29-15-23-14-24-29)25-18-9-5-16(6-10-18)21-27-26-20-4-2-1-3-13-28(20)21/h5-12,14-15H,1-4,13H2,(H,25,30). The second kappa shape index (κ2) is 7.90. The van der Waals surface area contributed by atoms with Crippen LogP contribution in [0.1, 0.15) is 35.4 Å². The highest BCUT2D eigenvalue weighted by molar-refractivity contribution is 6.04. The van der Waals surface area contributed by atoms with E-state index in [2.05, 4.69) is 30.2 Å². The smallest absolute Gasteiger partial charge is 0.255 e. The van der Waals surface area contributed by atoms with Crippen LogP contribution in [0, 0.1) is 0 Å². The Morgan fingerprint density at radius 2 is 1.77 bits per heavy atom. The summed E-state index contributed by atoms with van der Waals surface area (Å²) in [6.07, 6.45) is 7.63. The van der Waals surface area contributed by atoms with Crippen molar-refractivity contribution in [3.05, 3.63) is 72.6 Å². The van der Waals surface area contributed by atoms with E-state index < -0.39 is 0 Å². The molecule has 1 aliphatic rings. The second-order valence-corrected chi connectivity index (χ2v) is 7.32. The predicted octanol–water partition coefficient (Wildman–Crippen LogP) is 3.50. The molecule has 0 aliphatic carbocycles. The number of hydrogen-bond acceptors (Lipinski definition) is 5. The van der Waals surface area contributed by atoms with Gasteiger partial charge in [0.1, 0.15) is 18.5 Å². The zero-order valence-electron chi connectivity index (χ0n) is 16.4. The van der Waals surface area contributed by atoms with Crippen LogP contribution < -0.4 is 5.32 Å². The third kappa shape index (κ3) is 3.59. The first kappa shape index (κ1) is 18.2. The monoisotopic (exact) mass is 399 g/mol. The van der Waals surface area contributed by atoms with Gasteiger partial charge in [-0.05, 0) is 61.4 Å². The van der Waals surface area contributed by atoms with E-state index in [1.807, 2.05) is 36.4 Å². The maximum Gasteiger partial charge on any atom is 0.255 e. The largest absolute Gasteiger partial charge is 0.322 e. The van der Waals surface area contributed by atoms with Gasteiger partial charge >= 0.3 is 0 Å². The first-order chi connectivity index (χ1) is 14.8. The molecule has 150 valence electrons. The molecule has 0 bridgehead atoms. The third-order valence-corrected chi connectivity index (χ3v) is 5.32. The molecule has 5 rings (SSSR count). The van der Waals surface area contributed by atoms with Crippen molar-refractivity contribution in [3.63, 3.8) is 0 Å². The summed E-state index contributed by atoms with van der Waals surface area (Å²) in [5.74, 6) is 1.80. The molecule has 1 N–H and O–H groups in total. The van der Waals surface area contributed by atoms with E-state index in [1.165, 1.54) is 19.2 Å². The number of anilines is 1. The predicted molar refractivity (Wildman–Crippen MR) is 112 cm³/mol. The van der Waals surface area contributed by atoms with Crippen LogP contribution in [-0.4, -0.2) is 35.4 Å². The molecule has 0 atom stereocenters. The number of aryl methyl sites for hydroxylation is 1. The normalized spacial score (nSPS) is 13.5. The summed E-state index contributed by atoms with van der Waals surface area (Å²) in [6, 6.07) is 15.0. The van der Waals surface area contributed by atoms with Crippen molar-refractivity contribution in [3.8, 4) is 17.1 Å². The van der Waals surface area contributed by atoms with Gasteiger partial charge in [-0.1, -0.05) is 6.42 Å². The molecule has 1 aliphatic heterocycles. The summed E-state index contributed by atoms with van der Waals surface area (Å²) in [5.41, 5.74) is 3.16. The minimum absolute atomic E-state index is 0.163. The molecule has 2 aromatic carbocycles. The van der Waals surface area contributed by atoms with Crippen LogP contribution >= 0.6 is 0 Å². The highest BCUT2D eigenvalue weighted by Gasteiger charge is 2.16. The summed E-state index contributed by atoms with van der Waals surface area (Å²) in [7, 11) is 0. The fourth-order valence-electron chi connectivity index (χ4n) is 3.71. The van der Waals surface area contributed by atoms with Crippen LogP contribution in [0.15, 0.2) is 61.2 Å². The van der Waals surface area contributed by atoms with Crippen LogP contribution in [0.2, 0.25) is 0 Å². The lowest BCUT2D eigenvalue weighted by Crippen LogP contribution is -2.12. The van der Waals surface area contributed by atoms with Gasteiger partial charge in [0.25, 0.3) is 5.91 Å². The van der Waals surface area contributed by atoms with Crippen molar-refractivity contribution in [2.75, 3.05) is 5.32 Å². The minimum Gasteiger partial charge on any atom is -0.322 e. The van der Waals surface area contributed by atoms with Crippen molar-refractivity contribution < 1.29 is 4.79 Å². The van der Waals surface area contributed by atoms with Gasteiger partial charge in [0, 0.05) is 29.8 Å². The topological polar surface area (TPSA) is 90.5 Å². The van der Waals surface area contributed by atoms with Crippen LogP contribution in [0.4, 0.5) is 5.69 Å². The molecule has 3 heterocycles. The van der Waals surface area contributed by atoms with Crippen molar-refractivity contribution in [2.24, 2.45) is 0 Å². The van der Waals surface area contributed by atoms with E-state index in [0.29, 0.717) is 5.56 Å². The number of nitrogens with one attached hydrogen (secondary N) is 1. The molecule has 0 unspecified atom stereocenters. The molecule has 0 radical (unpaired) electrons. The van der Waals surface area contributed by atoms with E-state index in [9.17, 15) is 4.79 Å². The Kier molecular flexibility index (Phi) is 4.80. The molecule has 0 saturated carbocycles. The molecular formula is C22H21N7O. The van der Waals surface area contributed by atoms with Crippen LogP contribution in [-0.2, 0) is 13.0 Å². The van der Waals surface area contributed by atoms with Gasteiger partial charge in [-0.2, -0.15) is 5.10 Å². The maximum absolute atomic E-state index is 12.6. The first-order valence-corrected chi connectivity index (χ1v) is 10.1. The fraction of sp³-hybridized carbons (Fsp3) is 0.227. The number of rotatable bonds is 4. The van der Waals surface area contributed by atoms with Crippen molar-refractivity contribution in [2.45, 2.75) is 32.2 Å². The molecular weight excluding hydrogens is 378 g/mol. The molecule has 2 aromatic heterocycles. The molecule has 0 saturated heterocycles. The van der Waals surface area contributed by atoms with Gasteiger partial charge in [0.2, 0.25) is 0 Å². The number of benzene rings is 2. The number of aromatic nitrogens is 6. The van der Waals surface area contributed by atoms with Crippen molar-refractivity contribution in [1.29, 1.82) is 0 Å². The van der Waals surface area contributed by atoms with Crippen molar-refractivity contribution >= 4 is 11.6 Å². The Labute approximate surface area is 173 Å². The number of carbonyl (C=O) groups is 1. The van der Waals surface area contributed by atoms with E-state index in [4.69, 9.17) is 0 Å². The zero-order valence-corrected chi connectivity index (χ0v) is 16.4. The first-order valence-electron chi connectivity index (χ1n) is 10.1. The molecule has 8 heteroatoms. The van der Waals surface area contributed by atoms with Gasteiger partial charge in [0.15, 0.2) is 5.82 Å². The lowest BCUT2D eigenvalue weighted by molar-refractivity contribution is 0.102. The van der Waals surface area contributed by atoms with Crippen molar-refractivity contribution in [1.82, 2.24) is 29.5 Å². The Morgan fingerprint density at radius 3 is 2.53 bits per heavy atom. The second-order valence-electron chi connectivity index (χ2n) is 7.32. The summed E-state index contributed by atoms with van der Waals surface area (Å²) >= 11 is 0. The molecule has 1 amide bonds. The summed E-state index contributed by atoms with van der Waals surface area (Å²) in [6.45, 7) is 0.959. The van der Waals surface area contributed by atoms with E-state index >= 15 is 0 Å². The number of carbonyl (C=O) groups excluding carboxylic acids is 1. The lowest BCUT2D eigenvalue weighted by atomic mass is 10.1. The average Bonchev–Trinajstić information content (AvgIpc) is 3.40. The van der Waals surface area contributed by atoms with E-state index in [0.717, 1.165) is 48.0 Å². The fourth-order valence-corrected chi connectivity index (χ4v) is 3.71. The number of amides is 1. The minimum atomic E-state index is -0.163. The third-order valence-electron chi connectivity index (χ3n) is 5.32. The van der Waals surface area contributed by atoms with Gasteiger partial charge in [-0.15, -0.1) is 10.2 Å². The Morgan fingerprint density at radius 1 is 0.933 bits per heavy atom. The lowest BCUT2D eigenvalue weighted by Gasteiger charge is -2.09. The van der Waals surface area contributed by atoms with Crippen LogP contribution in [0.5, 0.6) is 0 Å². The zero-order chi connectivity index (χ0) is 20.3. The number of fused-ring (bicyclic) bond motifs is 1. The molecule has 4 aromatic rings. The van der Waals surface area contributed by atoms with Crippen LogP contribution in [0.25, 0.3) is 17.1 Å². The van der Waals surface area contributed by atoms with Gasteiger partial charge < -0.3 is 9.88 Å². The summed E-state index contributed by atoms with van der Waals surface area (Å²) in [5, 5.41) is 15.8. The molecule has 30 heavy (non-hydrogen) atoms. The number of nitrogens with zero attached hydrogens (tertiary/aromatic N) is 6. The SMILES string of the molecule is O=C(Nc1ccc(-c2nnc3n2CCCCC3)cc1)c1ccc(-n2cncn2)cc1. The van der Waals surface area contributed by atoms with Gasteiger partial charge in [0.05, 0.1) is 5.69 Å². The summed E-state index contributed by atoms with van der Waals surface area (Å²) in [4.78, 5) is 16.5. The Balaban J connectivity index is 1.29. The average molecular weight is 399 g/mol. The van der Waals surface area contributed by atoms with E-state index in [-0.39, 0.29) is 5.91 Å². The summed E-state index contributed by atoms with van der Waals surface area (Å²) < 4.78 is 3.86. The highest BCUT2D eigenvalue weighted by atomic mass is 16.1. The van der Waals surface area contributed by atoms with Gasteiger partial charge in [-0.3, -0.25) is 4.79 Å².